The first kappa shape index (κ1) is 15.4. The van der Waals surface area contributed by atoms with Gasteiger partial charge in [-0.25, -0.2) is 4.98 Å². The normalized spacial score (nSPS) is 10.1. The molecule has 106 valence electrons. The van der Waals surface area contributed by atoms with Gasteiger partial charge in [0.15, 0.2) is 5.13 Å². The average molecular weight is 285 g/mol. The van der Waals surface area contributed by atoms with Crippen LogP contribution in [0.2, 0.25) is 0 Å². The Bertz CT molecular complexity index is 430. The molecule has 7 heteroatoms. The van der Waals surface area contributed by atoms with Crippen LogP contribution in [0, 0.1) is 0 Å². The molecule has 0 spiro atoms. The summed E-state index contributed by atoms with van der Waals surface area (Å²) in [5, 5.41) is 5.39. The van der Waals surface area contributed by atoms with Gasteiger partial charge in [0.2, 0.25) is 5.91 Å². The van der Waals surface area contributed by atoms with E-state index < -0.39 is 0 Å². The fourth-order valence-electron chi connectivity index (χ4n) is 1.53. The summed E-state index contributed by atoms with van der Waals surface area (Å²) in [5.74, 6) is -0.286. The Hall–Kier alpha value is -1.63. The summed E-state index contributed by atoms with van der Waals surface area (Å²) in [4.78, 5) is 28.8. The smallest absolute Gasteiger partial charge is 0.311 e. The highest BCUT2D eigenvalue weighted by molar-refractivity contribution is 7.13. The average Bonchev–Trinajstić information content (AvgIpc) is 2.85. The van der Waals surface area contributed by atoms with Crippen LogP contribution in [-0.4, -0.2) is 48.5 Å². The number of nitrogens with one attached hydrogen (secondary N) is 1. The van der Waals surface area contributed by atoms with E-state index in [0.717, 1.165) is 0 Å². The van der Waals surface area contributed by atoms with Gasteiger partial charge in [-0.3, -0.25) is 9.59 Å². The Morgan fingerprint density at radius 3 is 2.68 bits per heavy atom. The van der Waals surface area contributed by atoms with Crippen molar-refractivity contribution in [1.29, 1.82) is 0 Å². The number of amides is 1. The first-order chi connectivity index (χ1) is 9.10. The molecule has 0 aliphatic carbocycles. The molecule has 0 radical (unpaired) electrons. The minimum absolute atomic E-state index is 0.0368. The van der Waals surface area contributed by atoms with Crippen LogP contribution < -0.4 is 5.32 Å². The van der Waals surface area contributed by atoms with Crippen molar-refractivity contribution in [2.75, 3.05) is 32.1 Å². The highest BCUT2D eigenvalue weighted by Gasteiger charge is 2.11. The second-order valence-electron chi connectivity index (χ2n) is 3.82. The number of carbonyl (C=O) groups excluding carboxylic acids is 2. The molecule has 0 aromatic carbocycles. The van der Waals surface area contributed by atoms with Gasteiger partial charge in [0.1, 0.15) is 0 Å². The monoisotopic (exact) mass is 285 g/mol. The maximum atomic E-state index is 11.8. The summed E-state index contributed by atoms with van der Waals surface area (Å²) < 4.78 is 4.57. The van der Waals surface area contributed by atoms with Crippen LogP contribution in [0.3, 0.4) is 0 Å². The molecule has 1 heterocycles. The zero-order valence-electron chi connectivity index (χ0n) is 11.4. The lowest BCUT2D eigenvalue weighted by atomic mass is 10.3. The number of likely N-dealkylation sites (N-methyl/N-ethyl adjacent to an activating group) is 1. The third-order valence-electron chi connectivity index (χ3n) is 2.61. The summed E-state index contributed by atoms with van der Waals surface area (Å²) in [6, 6.07) is 0. The lowest BCUT2D eigenvalue weighted by Crippen LogP contribution is -2.35. The molecule has 1 N–H and O–H groups in total. The molecular formula is C12H19N3O3S. The molecule has 0 aliphatic rings. The number of esters is 1. The van der Waals surface area contributed by atoms with Crippen molar-refractivity contribution in [3.8, 4) is 0 Å². The number of rotatable bonds is 7. The van der Waals surface area contributed by atoms with Crippen molar-refractivity contribution < 1.29 is 14.3 Å². The highest BCUT2D eigenvalue weighted by Crippen LogP contribution is 2.15. The molecule has 0 fully saturated rings. The molecule has 1 aromatic heterocycles. The molecular weight excluding hydrogens is 266 g/mol. The number of carbonyl (C=O) groups is 2. The second kappa shape index (κ2) is 7.73. The largest absolute Gasteiger partial charge is 0.469 e. The number of ether oxygens (including phenoxy) is 1. The van der Waals surface area contributed by atoms with Gasteiger partial charge in [-0.1, -0.05) is 0 Å². The summed E-state index contributed by atoms with van der Waals surface area (Å²) >= 11 is 1.37. The van der Waals surface area contributed by atoms with E-state index >= 15 is 0 Å². The van der Waals surface area contributed by atoms with Crippen molar-refractivity contribution in [3.05, 3.63) is 11.1 Å². The first-order valence-electron chi connectivity index (χ1n) is 6.13. The van der Waals surface area contributed by atoms with Crippen LogP contribution in [0.1, 0.15) is 19.5 Å². The first-order valence-corrected chi connectivity index (χ1v) is 7.01. The quantitative estimate of drug-likeness (QED) is 0.761. The zero-order valence-corrected chi connectivity index (χ0v) is 12.2. The minimum Gasteiger partial charge on any atom is -0.469 e. The van der Waals surface area contributed by atoms with Gasteiger partial charge in [0.05, 0.1) is 25.8 Å². The molecule has 6 nitrogen and oxygen atoms in total. The van der Waals surface area contributed by atoms with E-state index in [1.807, 2.05) is 13.8 Å². The summed E-state index contributed by atoms with van der Waals surface area (Å²) in [6.07, 6.45) is 0.151. The zero-order chi connectivity index (χ0) is 14.3. The van der Waals surface area contributed by atoms with E-state index in [2.05, 4.69) is 15.0 Å². The molecule has 1 rings (SSSR count). The Balaban J connectivity index is 2.46. The van der Waals surface area contributed by atoms with Crippen molar-refractivity contribution >= 4 is 28.3 Å². The van der Waals surface area contributed by atoms with Crippen LogP contribution in [-0.2, 0) is 20.7 Å². The number of thiazole rings is 1. The fraction of sp³-hybridized carbons (Fsp3) is 0.583. The molecule has 1 aromatic rings. The molecule has 0 unspecified atom stereocenters. The van der Waals surface area contributed by atoms with Gasteiger partial charge in [-0.05, 0) is 13.8 Å². The van der Waals surface area contributed by atoms with Gasteiger partial charge in [0.25, 0.3) is 0 Å². The number of hydrogen-bond acceptors (Lipinski definition) is 6. The topological polar surface area (TPSA) is 71.5 Å². The fourth-order valence-corrected chi connectivity index (χ4v) is 2.24. The van der Waals surface area contributed by atoms with Crippen LogP contribution in [0.25, 0.3) is 0 Å². The highest BCUT2D eigenvalue weighted by atomic mass is 32.1. The van der Waals surface area contributed by atoms with E-state index in [0.29, 0.717) is 23.9 Å². The molecule has 0 aliphatic heterocycles. The van der Waals surface area contributed by atoms with Crippen molar-refractivity contribution in [3.63, 3.8) is 0 Å². The van der Waals surface area contributed by atoms with E-state index in [9.17, 15) is 9.59 Å². The van der Waals surface area contributed by atoms with Gasteiger partial charge < -0.3 is 15.0 Å². The van der Waals surface area contributed by atoms with Crippen LogP contribution in [0.5, 0.6) is 0 Å². The molecule has 0 saturated heterocycles. The van der Waals surface area contributed by atoms with Crippen LogP contribution in [0.15, 0.2) is 5.38 Å². The molecule has 0 atom stereocenters. The lowest BCUT2D eigenvalue weighted by molar-refractivity contribution is -0.139. The standard InChI is InChI=1S/C12H19N3O3S/c1-4-15(5-2)10(16)7-13-12-14-9(8-19-12)6-11(17)18-3/h8H,4-7H2,1-3H3,(H,13,14). The number of nitrogens with zero attached hydrogens (tertiary/aromatic N) is 2. The molecule has 0 bridgehead atoms. The van der Waals surface area contributed by atoms with E-state index in [1.165, 1.54) is 18.4 Å². The number of aromatic nitrogens is 1. The Kier molecular flexibility index (Phi) is 6.27. The second-order valence-corrected chi connectivity index (χ2v) is 4.67. The van der Waals surface area contributed by atoms with Gasteiger partial charge in [-0.15, -0.1) is 11.3 Å². The van der Waals surface area contributed by atoms with E-state index in [1.54, 1.807) is 10.3 Å². The third kappa shape index (κ3) is 4.86. The molecule has 0 saturated carbocycles. The number of hydrogen-bond donors (Lipinski definition) is 1. The van der Waals surface area contributed by atoms with Gasteiger partial charge in [-0.2, -0.15) is 0 Å². The number of methoxy groups -OCH3 is 1. The molecule has 19 heavy (non-hydrogen) atoms. The summed E-state index contributed by atoms with van der Waals surface area (Å²) in [6.45, 7) is 5.50. The predicted octanol–water partition coefficient (Wildman–Crippen LogP) is 1.14. The Labute approximate surface area is 116 Å². The minimum atomic E-state index is -0.323. The summed E-state index contributed by atoms with van der Waals surface area (Å²) in [7, 11) is 1.34. The van der Waals surface area contributed by atoms with Gasteiger partial charge in [0, 0.05) is 18.5 Å². The van der Waals surface area contributed by atoms with Crippen molar-refractivity contribution in [1.82, 2.24) is 9.88 Å². The lowest BCUT2D eigenvalue weighted by Gasteiger charge is -2.18. The Morgan fingerprint density at radius 1 is 1.42 bits per heavy atom. The van der Waals surface area contributed by atoms with Crippen LogP contribution in [0.4, 0.5) is 5.13 Å². The molecule has 1 amide bonds. The third-order valence-corrected chi connectivity index (χ3v) is 3.46. The van der Waals surface area contributed by atoms with E-state index in [4.69, 9.17) is 0 Å². The van der Waals surface area contributed by atoms with Crippen molar-refractivity contribution in [2.45, 2.75) is 20.3 Å². The maximum Gasteiger partial charge on any atom is 0.311 e. The SMILES string of the molecule is CCN(CC)C(=O)CNc1nc(CC(=O)OC)cs1. The summed E-state index contributed by atoms with van der Waals surface area (Å²) in [5.41, 5.74) is 0.648. The van der Waals surface area contributed by atoms with Crippen molar-refractivity contribution in [2.24, 2.45) is 0 Å². The Morgan fingerprint density at radius 2 is 2.11 bits per heavy atom. The predicted molar refractivity (Wildman–Crippen MR) is 74.3 cm³/mol. The number of anilines is 1. The van der Waals surface area contributed by atoms with Gasteiger partial charge >= 0.3 is 5.97 Å². The van der Waals surface area contributed by atoms with Crippen LogP contribution >= 0.6 is 11.3 Å². The maximum absolute atomic E-state index is 11.8. The van der Waals surface area contributed by atoms with E-state index in [-0.39, 0.29) is 24.8 Å².